The lowest BCUT2D eigenvalue weighted by atomic mass is 10.1. The maximum Gasteiger partial charge on any atom is 0.223 e. The number of thiophene rings is 1. The van der Waals surface area contributed by atoms with Crippen LogP contribution in [0.3, 0.4) is 0 Å². The van der Waals surface area contributed by atoms with Gasteiger partial charge in [-0.3, -0.25) is 4.79 Å². The molecule has 0 spiro atoms. The van der Waals surface area contributed by atoms with E-state index in [0.717, 1.165) is 23.6 Å². The minimum atomic E-state index is 0.197. The first-order chi connectivity index (χ1) is 9.15. The molecule has 2 aromatic rings. The molecule has 1 amide bonds. The first-order valence-corrected chi connectivity index (χ1v) is 7.46. The summed E-state index contributed by atoms with van der Waals surface area (Å²) in [6.45, 7) is 4.88. The van der Waals surface area contributed by atoms with Crippen molar-refractivity contribution in [3.63, 3.8) is 0 Å². The number of aromatic amines is 1. The van der Waals surface area contributed by atoms with E-state index in [1.165, 1.54) is 0 Å². The van der Waals surface area contributed by atoms with Crippen LogP contribution in [0.25, 0.3) is 11.3 Å². The van der Waals surface area contributed by atoms with Crippen molar-refractivity contribution in [2.45, 2.75) is 32.2 Å². The molecule has 3 heterocycles. The van der Waals surface area contributed by atoms with Crippen LogP contribution in [0.15, 0.2) is 23.0 Å². The van der Waals surface area contributed by atoms with Crippen molar-refractivity contribution in [3.05, 3.63) is 28.8 Å². The SMILES string of the molecule is CC(C)N1C[C@@H](c2ncc(-c3ccsc3)[nH]2)CC1=O. The molecule has 0 aromatic carbocycles. The van der Waals surface area contributed by atoms with Crippen molar-refractivity contribution in [1.29, 1.82) is 0 Å². The first kappa shape index (κ1) is 12.4. The quantitative estimate of drug-likeness (QED) is 0.936. The van der Waals surface area contributed by atoms with E-state index >= 15 is 0 Å². The highest BCUT2D eigenvalue weighted by Gasteiger charge is 2.33. The Morgan fingerprint density at radius 2 is 2.37 bits per heavy atom. The normalized spacial score (nSPS) is 19.6. The molecule has 0 bridgehead atoms. The Balaban J connectivity index is 1.79. The summed E-state index contributed by atoms with van der Waals surface area (Å²) >= 11 is 1.67. The topological polar surface area (TPSA) is 49.0 Å². The number of rotatable bonds is 3. The van der Waals surface area contributed by atoms with Gasteiger partial charge < -0.3 is 9.88 Å². The van der Waals surface area contributed by atoms with E-state index in [-0.39, 0.29) is 17.9 Å². The summed E-state index contributed by atoms with van der Waals surface area (Å²) in [4.78, 5) is 21.7. The predicted molar refractivity (Wildman–Crippen MR) is 76.1 cm³/mol. The molecule has 5 heteroatoms. The van der Waals surface area contributed by atoms with Gasteiger partial charge in [-0.25, -0.2) is 4.98 Å². The number of nitrogens with zero attached hydrogens (tertiary/aromatic N) is 2. The van der Waals surface area contributed by atoms with Crippen molar-refractivity contribution in [2.24, 2.45) is 0 Å². The Bertz CT molecular complexity index is 573. The van der Waals surface area contributed by atoms with E-state index in [2.05, 4.69) is 40.6 Å². The van der Waals surface area contributed by atoms with Crippen LogP contribution in [0.4, 0.5) is 0 Å². The molecule has 1 aliphatic heterocycles. The third kappa shape index (κ3) is 2.30. The molecule has 0 radical (unpaired) electrons. The van der Waals surface area contributed by atoms with Gasteiger partial charge in [-0.15, -0.1) is 0 Å². The molecule has 0 aliphatic carbocycles. The highest BCUT2D eigenvalue weighted by Crippen LogP contribution is 2.29. The average molecular weight is 275 g/mol. The maximum absolute atomic E-state index is 11.9. The summed E-state index contributed by atoms with van der Waals surface area (Å²) in [5, 5.41) is 4.15. The third-order valence-corrected chi connectivity index (χ3v) is 4.28. The zero-order chi connectivity index (χ0) is 13.4. The van der Waals surface area contributed by atoms with Gasteiger partial charge >= 0.3 is 0 Å². The van der Waals surface area contributed by atoms with Gasteiger partial charge in [0.15, 0.2) is 0 Å². The van der Waals surface area contributed by atoms with Gasteiger partial charge in [0.1, 0.15) is 5.82 Å². The van der Waals surface area contributed by atoms with E-state index in [1.54, 1.807) is 11.3 Å². The van der Waals surface area contributed by atoms with Crippen LogP contribution < -0.4 is 0 Å². The number of likely N-dealkylation sites (tertiary alicyclic amines) is 1. The van der Waals surface area contributed by atoms with E-state index in [0.29, 0.717) is 6.42 Å². The highest BCUT2D eigenvalue weighted by molar-refractivity contribution is 7.08. The zero-order valence-corrected chi connectivity index (χ0v) is 11.9. The standard InChI is InChI=1S/C14H17N3OS/c1-9(2)17-7-11(5-13(17)18)14-15-6-12(16-14)10-3-4-19-8-10/h3-4,6,8-9,11H,5,7H2,1-2H3,(H,15,16)/t11-/m0/s1. The summed E-state index contributed by atoms with van der Waals surface area (Å²) in [7, 11) is 0. The lowest BCUT2D eigenvalue weighted by Crippen LogP contribution is -2.31. The van der Waals surface area contributed by atoms with Crippen LogP contribution in [-0.4, -0.2) is 33.4 Å². The number of carbonyl (C=O) groups is 1. The number of aromatic nitrogens is 2. The molecule has 3 rings (SSSR count). The van der Waals surface area contributed by atoms with Crippen molar-refractivity contribution >= 4 is 17.2 Å². The summed E-state index contributed by atoms with van der Waals surface area (Å²) in [5.74, 6) is 1.36. The molecule has 0 unspecified atom stereocenters. The maximum atomic E-state index is 11.9. The monoisotopic (exact) mass is 275 g/mol. The Morgan fingerprint density at radius 1 is 1.53 bits per heavy atom. The molecule has 1 N–H and O–H groups in total. The Labute approximate surface area is 116 Å². The lowest BCUT2D eigenvalue weighted by molar-refractivity contribution is -0.129. The van der Waals surface area contributed by atoms with E-state index < -0.39 is 0 Å². The molecule has 4 nitrogen and oxygen atoms in total. The van der Waals surface area contributed by atoms with Crippen LogP contribution >= 0.6 is 11.3 Å². The van der Waals surface area contributed by atoms with Gasteiger partial charge in [0, 0.05) is 35.9 Å². The summed E-state index contributed by atoms with van der Waals surface area (Å²) < 4.78 is 0. The van der Waals surface area contributed by atoms with E-state index in [1.807, 2.05) is 11.1 Å². The minimum Gasteiger partial charge on any atom is -0.342 e. The Morgan fingerprint density at radius 3 is 3.00 bits per heavy atom. The van der Waals surface area contributed by atoms with Crippen molar-refractivity contribution in [2.75, 3.05) is 6.54 Å². The van der Waals surface area contributed by atoms with Crippen LogP contribution in [0, 0.1) is 0 Å². The second kappa shape index (κ2) is 4.81. The molecule has 1 aliphatic rings. The molecule has 1 saturated heterocycles. The number of imidazole rings is 1. The number of carbonyl (C=O) groups excluding carboxylic acids is 1. The van der Waals surface area contributed by atoms with Crippen molar-refractivity contribution in [3.8, 4) is 11.3 Å². The Hall–Kier alpha value is -1.62. The predicted octanol–water partition coefficient (Wildman–Crippen LogP) is 2.86. The number of hydrogen-bond acceptors (Lipinski definition) is 3. The fraction of sp³-hybridized carbons (Fsp3) is 0.429. The fourth-order valence-electron chi connectivity index (χ4n) is 2.52. The van der Waals surface area contributed by atoms with Gasteiger partial charge in [0.25, 0.3) is 0 Å². The van der Waals surface area contributed by atoms with E-state index in [4.69, 9.17) is 0 Å². The average Bonchev–Trinajstić information content (AvgIpc) is 3.08. The molecule has 1 fully saturated rings. The molecular weight excluding hydrogens is 258 g/mol. The summed E-state index contributed by atoms with van der Waals surface area (Å²) in [6, 6.07) is 2.34. The third-order valence-electron chi connectivity index (χ3n) is 3.60. The van der Waals surface area contributed by atoms with E-state index in [9.17, 15) is 4.79 Å². The smallest absolute Gasteiger partial charge is 0.223 e. The molecule has 100 valence electrons. The molecule has 2 aromatic heterocycles. The lowest BCUT2D eigenvalue weighted by Gasteiger charge is -2.20. The second-order valence-electron chi connectivity index (χ2n) is 5.24. The fourth-order valence-corrected chi connectivity index (χ4v) is 3.18. The molecule has 0 saturated carbocycles. The second-order valence-corrected chi connectivity index (χ2v) is 6.02. The van der Waals surface area contributed by atoms with Gasteiger partial charge in [0.2, 0.25) is 5.91 Å². The number of hydrogen-bond donors (Lipinski definition) is 1. The van der Waals surface area contributed by atoms with Crippen LogP contribution in [0.1, 0.15) is 32.0 Å². The molecular formula is C14H17N3OS. The highest BCUT2D eigenvalue weighted by atomic mass is 32.1. The van der Waals surface area contributed by atoms with Gasteiger partial charge in [-0.1, -0.05) is 0 Å². The summed E-state index contributed by atoms with van der Waals surface area (Å²) in [6.07, 6.45) is 2.43. The number of amides is 1. The number of H-pyrrole nitrogens is 1. The number of nitrogens with one attached hydrogen (secondary N) is 1. The van der Waals surface area contributed by atoms with Gasteiger partial charge in [-0.05, 0) is 25.3 Å². The minimum absolute atomic E-state index is 0.197. The van der Waals surface area contributed by atoms with Crippen LogP contribution in [0.5, 0.6) is 0 Å². The van der Waals surface area contributed by atoms with Gasteiger partial charge in [0.05, 0.1) is 11.9 Å². The van der Waals surface area contributed by atoms with Crippen LogP contribution in [0.2, 0.25) is 0 Å². The van der Waals surface area contributed by atoms with Crippen molar-refractivity contribution in [1.82, 2.24) is 14.9 Å². The zero-order valence-electron chi connectivity index (χ0n) is 11.1. The summed E-state index contributed by atoms with van der Waals surface area (Å²) in [5.41, 5.74) is 2.19. The Kier molecular flexibility index (Phi) is 3.14. The van der Waals surface area contributed by atoms with Gasteiger partial charge in [-0.2, -0.15) is 11.3 Å². The first-order valence-electron chi connectivity index (χ1n) is 6.52. The molecule has 1 atom stereocenters. The van der Waals surface area contributed by atoms with Crippen LogP contribution in [-0.2, 0) is 4.79 Å². The molecule has 19 heavy (non-hydrogen) atoms. The largest absolute Gasteiger partial charge is 0.342 e. The van der Waals surface area contributed by atoms with Crippen molar-refractivity contribution < 1.29 is 4.79 Å².